The molecular formula is C20H28N2O. The Morgan fingerprint density at radius 2 is 1.91 bits per heavy atom. The molecule has 0 aromatic heterocycles. The molecule has 2 bridgehead atoms. The Balaban J connectivity index is 1.42. The number of nitrogens with one attached hydrogen (secondary N) is 1. The molecule has 1 N–H and O–H groups in total. The molecule has 3 aliphatic rings. The average Bonchev–Trinajstić information content (AvgIpc) is 2.92. The minimum Gasteiger partial charge on any atom is -0.343 e. The molecule has 124 valence electrons. The van der Waals surface area contributed by atoms with Gasteiger partial charge in [-0.15, -0.1) is 0 Å². The summed E-state index contributed by atoms with van der Waals surface area (Å²) in [6, 6.07) is 10.4. The number of nitrogens with zero attached hydrogens (tertiary/aromatic N) is 1. The van der Waals surface area contributed by atoms with E-state index in [0.717, 1.165) is 19.3 Å². The van der Waals surface area contributed by atoms with Crippen molar-refractivity contribution >= 4 is 5.91 Å². The maximum Gasteiger partial charge on any atom is 0.223 e. The third kappa shape index (κ3) is 3.03. The van der Waals surface area contributed by atoms with Gasteiger partial charge in [-0.1, -0.05) is 24.3 Å². The van der Waals surface area contributed by atoms with E-state index >= 15 is 0 Å². The fourth-order valence-electron chi connectivity index (χ4n) is 4.97. The first-order valence-electron chi connectivity index (χ1n) is 9.30. The zero-order valence-electron chi connectivity index (χ0n) is 14.1. The summed E-state index contributed by atoms with van der Waals surface area (Å²) in [6.07, 6.45) is 9.10. The molecule has 1 aromatic rings. The molecule has 3 heteroatoms. The zero-order valence-corrected chi connectivity index (χ0v) is 14.1. The molecule has 4 rings (SSSR count). The molecule has 0 spiro atoms. The highest BCUT2D eigenvalue weighted by Crippen LogP contribution is 2.35. The Hall–Kier alpha value is -1.35. The van der Waals surface area contributed by atoms with Crippen LogP contribution in [0.25, 0.3) is 0 Å². The summed E-state index contributed by atoms with van der Waals surface area (Å²) in [6.45, 7) is 0. The van der Waals surface area contributed by atoms with Crippen molar-refractivity contribution in [2.24, 2.45) is 0 Å². The van der Waals surface area contributed by atoms with Crippen molar-refractivity contribution in [1.29, 1.82) is 0 Å². The molecule has 3 unspecified atom stereocenters. The van der Waals surface area contributed by atoms with E-state index in [1.54, 1.807) is 0 Å². The lowest BCUT2D eigenvalue weighted by atomic mass is 9.81. The number of aryl methyl sites for hydroxylation is 1. The lowest BCUT2D eigenvalue weighted by molar-refractivity contribution is -0.133. The molecule has 1 aromatic carbocycles. The van der Waals surface area contributed by atoms with Crippen LogP contribution < -0.4 is 5.32 Å². The fourth-order valence-corrected chi connectivity index (χ4v) is 4.97. The largest absolute Gasteiger partial charge is 0.343 e. The summed E-state index contributed by atoms with van der Waals surface area (Å²) in [5.74, 6) is 0.770. The fraction of sp³-hybridized carbons (Fsp3) is 0.650. The first-order chi connectivity index (χ1) is 11.2. The summed E-state index contributed by atoms with van der Waals surface area (Å²) < 4.78 is 0. The number of piperidine rings is 1. The Labute approximate surface area is 139 Å². The highest BCUT2D eigenvalue weighted by molar-refractivity contribution is 5.77. The number of hydrogen-bond acceptors (Lipinski definition) is 2. The Kier molecular flexibility index (Phi) is 4.14. The third-order valence-corrected chi connectivity index (χ3v) is 6.30. The van der Waals surface area contributed by atoms with Gasteiger partial charge in [-0.05, 0) is 62.0 Å². The molecule has 3 atom stereocenters. The smallest absolute Gasteiger partial charge is 0.223 e. The van der Waals surface area contributed by atoms with Gasteiger partial charge in [-0.3, -0.25) is 4.79 Å². The van der Waals surface area contributed by atoms with E-state index in [1.165, 1.54) is 36.8 Å². The molecule has 0 radical (unpaired) electrons. The van der Waals surface area contributed by atoms with Crippen LogP contribution in [-0.4, -0.2) is 36.0 Å². The molecule has 2 heterocycles. The lowest BCUT2D eigenvalue weighted by Crippen LogP contribution is -2.49. The van der Waals surface area contributed by atoms with Gasteiger partial charge in [0.2, 0.25) is 5.91 Å². The Bertz CT molecular complexity index is 573. The topological polar surface area (TPSA) is 32.3 Å². The summed E-state index contributed by atoms with van der Waals surface area (Å²) >= 11 is 0. The predicted molar refractivity (Wildman–Crippen MR) is 92.5 cm³/mol. The average molecular weight is 312 g/mol. The van der Waals surface area contributed by atoms with Gasteiger partial charge in [-0.25, -0.2) is 0 Å². The van der Waals surface area contributed by atoms with Crippen LogP contribution in [0.3, 0.4) is 0 Å². The summed E-state index contributed by atoms with van der Waals surface area (Å²) in [7, 11) is 2.03. The van der Waals surface area contributed by atoms with Gasteiger partial charge in [0.25, 0.3) is 0 Å². The first-order valence-corrected chi connectivity index (χ1v) is 9.30. The standard InChI is InChI=1S/C20H28N2O/c1-22(18-12-16-9-10-17(13-18)21-16)20(23)11-15-7-4-6-14-5-2-3-8-19(14)15/h2-3,5,8,15-18,21H,4,6-7,9-13H2,1H3. The van der Waals surface area contributed by atoms with Gasteiger partial charge in [0.1, 0.15) is 0 Å². The van der Waals surface area contributed by atoms with E-state index in [-0.39, 0.29) is 0 Å². The van der Waals surface area contributed by atoms with Crippen molar-refractivity contribution in [3.8, 4) is 0 Å². The quantitative estimate of drug-likeness (QED) is 0.929. The molecule has 2 fully saturated rings. The van der Waals surface area contributed by atoms with Crippen LogP contribution in [0.1, 0.15) is 62.0 Å². The van der Waals surface area contributed by atoms with Gasteiger partial charge in [0, 0.05) is 31.6 Å². The summed E-state index contributed by atoms with van der Waals surface area (Å²) in [4.78, 5) is 14.9. The monoisotopic (exact) mass is 312 g/mol. The number of amides is 1. The van der Waals surface area contributed by atoms with E-state index in [9.17, 15) is 4.79 Å². The van der Waals surface area contributed by atoms with E-state index in [2.05, 4.69) is 34.5 Å². The number of carbonyl (C=O) groups excluding carboxylic acids is 1. The molecule has 2 saturated heterocycles. The van der Waals surface area contributed by atoms with Gasteiger partial charge in [0.05, 0.1) is 0 Å². The van der Waals surface area contributed by atoms with E-state index in [0.29, 0.717) is 36.4 Å². The molecule has 1 amide bonds. The number of hydrogen-bond donors (Lipinski definition) is 1. The van der Waals surface area contributed by atoms with Crippen molar-refractivity contribution < 1.29 is 4.79 Å². The maximum atomic E-state index is 12.9. The van der Waals surface area contributed by atoms with E-state index < -0.39 is 0 Å². The van der Waals surface area contributed by atoms with Crippen LogP contribution in [0.15, 0.2) is 24.3 Å². The first kappa shape index (κ1) is 15.2. The van der Waals surface area contributed by atoms with Crippen LogP contribution in [0.2, 0.25) is 0 Å². The number of fused-ring (bicyclic) bond motifs is 3. The van der Waals surface area contributed by atoms with Crippen molar-refractivity contribution in [3.63, 3.8) is 0 Å². The molecule has 1 aliphatic carbocycles. The zero-order chi connectivity index (χ0) is 15.8. The molecule has 2 aliphatic heterocycles. The second-order valence-electron chi connectivity index (χ2n) is 7.76. The van der Waals surface area contributed by atoms with Crippen molar-refractivity contribution in [2.45, 2.75) is 75.4 Å². The third-order valence-electron chi connectivity index (χ3n) is 6.30. The van der Waals surface area contributed by atoms with Crippen molar-refractivity contribution in [3.05, 3.63) is 35.4 Å². The van der Waals surface area contributed by atoms with Gasteiger partial charge in [-0.2, -0.15) is 0 Å². The second kappa shape index (κ2) is 6.27. The van der Waals surface area contributed by atoms with Crippen molar-refractivity contribution in [2.75, 3.05) is 7.05 Å². The Morgan fingerprint density at radius 3 is 2.70 bits per heavy atom. The maximum absolute atomic E-state index is 12.9. The highest BCUT2D eigenvalue weighted by Gasteiger charge is 2.36. The summed E-state index contributed by atoms with van der Waals surface area (Å²) in [5.41, 5.74) is 2.88. The molecule has 3 nitrogen and oxygen atoms in total. The molecule has 0 saturated carbocycles. The van der Waals surface area contributed by atoms with E-state index in [1.807, 2.05) is 7.05 Å². The predicted octanol–water partition coefficient (Wildman–Crippen LogP) is 3.24. The normalized spacial score (nSPS) is 32.4. The van der Waals surface area contributed by atoms with Gasteiger partial charge in [0.15, 0.2) is 0 Å². The van der Waals surface area contributed by atoms with Gasteiger partial charge < -0.3 is 10.2 Å². The van der Waals surface area contributed by atoms with Crippen LogP contribution in [0.5, 0.6) is 0 Å². The summed E-state index contributed by atoms with van der Waals surface area (Å²) in [5, 5.41) is 3.67. The number of rotatable bonds is 3. The SMILES string of the molecule is CN(C(=O)CC1CCCc2ccccc21)C1CC2CCC(C1)N2. The molecular weight excluding hydrogens is 284 g/mol. The van der Waals surface area contributed by atoms with Crippen molar-refractivity contribution in [1.82, 2.24) is 10.2 Å². The minimum absolute atomic E-state index is 0.345. The minimum atomic E-state index is 0.345. The van der Waals surface area contributed by atoms with Crippen LogP contribution in [0, 0.1) is 0 Å². The number of benzene rings is 1. The highest BCUT2D eigenvalue weighted by atomic mass is 16.2. The van der Waals surface area contributed by atoms with Crippen LogP contribution in [0.4, 0.5) is 0 Å². The van der Waals surface area contributed by atoms with E-state index in [4.69, 9.17) is 0 Å². The molecule has 23 heavy (non-hydrogen) atoms. The lowest BCUT2D eigenvalue weighted by Gasteiger charge is -2.36. The van der Waals surface area contributed by atoms with Crippen LogP contribution in [-0.2, 0) is 11.2 Å². The second-order valence-corrected chi connectivity index (χ2v) is 7.76. The van der Waals surface area contributed by atoms with Gasteiger partial charge >= 0.3 is 0 Å². The van der Waals surface area contributed by atoms with Crippen LogP contribution >= 0.6 is 0 Å². The number of carbonyl (C=O) groups is 1. The Morgan fingerprint density at radius 1 is 1.17 bits per heavy atom.